The van der Waals surface area contributed by atoms with Crippen molar-refractivity contribution in [1.29, 1.82) is 0 Å². The molecule has 0 radical (unpaired) electrons. The minimum absolute atomic E-state index is 0.0495. The Labute approximate surface area is 149 Å². The van der Waals surface area contributed by atoms with Crippen molar-refractivity contribution in [3.63, 3.8) is 0 Å². The van der Waals surface area contributed by atoms with Crippen molar-refractivity contribution in [2.45, 2.75) is 59.1 Å². The fourth-order valence-electron chi connectivity index (χ4n) is 3.02. The van der Waals surface area contributed by atoms with Crippen molar-refractivity contribution in [3.05, 3.63) is 12.3 Å². The predicted octanol–water partition coefficient (Wildman–Crippen LogP) is 2.47. The summed E-state index contributed by atoms with van der Waals surface area (Å²) in [5.74, 6) is 0.381. The van der Waals surface area contributed by atoms with E-state index in [2.05, 4.69) is 5.16 Å². The fraction of sp³-hybridized carbons (Fsp3) is 0.722. The highest BCUT2D eigenvalue weighted by molar-refractivity contribution is 5.96. The summed E-state index contributed by atoms with van der Waals surface area (Å²) in [6.07, 6.45) is 3.14. The Hall–Kier alpha value is -1.89. The maximum atomic E-state index is 13.1. The molecule has 25 heavy (non-hydrogen) atoms. The molecule has 0 spiro atoms. The molecular formula is C18H29N3O4. The number of nitrogens with zero attached hydrogens (tertiary/aromatic N) is 3. The standard InChI is InChI=1S/C18H29N3O4/c1-13(2)11-21(15-8-9-19-25-15)17(23)14-7-6-10-20(14)12-16(22)24-18(3,4)5/h8-9,13-14H,6-7,10-12H2,1-5H3. The Morgan fingerprint density at radius 2 is 2.16 bits per heavy atom. The molecule has 1 aromatic heterocycles. The number of anilines is 1. The summed E-state index contributed by atoms with van der Waals surface area (Å²) >= 11 is 0. The van der Waals surface area contributed by atoms with Gasteiger partial charge in [-0.1, -0.05) is 19.0 Å². The van der Waals surface area contributed by atoms with E-state index < -0.39 is 5.60 Å². The number of ether oxygens (including phenoxy) is 1. The summed E-state index contributed by atoms with van der Waals surface area (Å²) in [5.41, 5.74) is -0.528. The van der Waals surface area contributed by atoms with Gasteiger partial charge in [0, 0.05) is 12.6 Å². The lowest BCUT2D eigenvalue weighted by atomic mass is 10.1. The number of hydrogen-bond acceptors (Lipinski definition) is 6. The van der Waals surface area contributed by atoms with Crippen LogP contribution in [0.3, 0.4) is 0 Å². The molecule has 7 heteroatoms. The highest BCUT2D eigenvalue weighted by Gasteiger charge is 2.37. The van der Waals surface area contributed by atoms with Crippen molar-refractivity contribution in [1.82, 2.24) is 10.1 Å². The van der Waals surface area contributed by atoms with Crippen LogP contribution in [0.5, 0.6) is 0 Å². The summed E-state index contributed by atoms with van der Waals surface area (Å²) in [6, 6.07) is 1.35. The lowest BCUT2D eigenvalue weighted by Gasteiger charge is -2.29. The SMILES string of the molecule is CC(C)CN(C(=O)C1CCCN1CC(=O)OC(C)(C)C)c1ccno1. The summed E-state index contributed by atoms with van der Waals surface area (Å²) in [7, 11) is 0. The highest BCUT2D eigenvalue weighted by Crippen LogP contribution is 2.24. The van der Waals surface area contributed by atoms with Gasteiger partial charge in [0.2, 0.25) is 11.8 Å². The second kappa shape index (κ2) is 7.99. The highest BCUT2D eigenvalue weighted by atomic mass is 16.6. The van der Waals surface area contributed by atoms with Crippen molar-refractivity contribution >= 4 is 17.8 Å². The topological polar surface area (TPSA) is 75.9 Å². The van der Waals surface area contributed by atoms with Gasteiger partial charge in [-0.15, -0.1) is 0 Å². The minimum atomic E-state index is -0.528. The van der Waals surface area contributed by atoms with Gasteiger partial charge in [0.25, 0.3) is 0 Å². The maximum Gasteiger partial charge on any atom is 0.320 e. The molecule has 1 aliphatic heterocycles. The monoisotopic (exact) mass is 351 g/mol. The van der Waals surface area contributed by atoms with Crippen molar-refractivity contribution in [2.24, 2.45) is 5.92 Å². The van der Waals surface area contributed by atoms with E-state index in [1.54, 1.807) is 11.0 Å². The molecule has 140 valence electrons. The molecule has 1 fully saturated rings. The third kappa shape index (κ3) is 5.56. The zero-order valence-electron chi connectivity index (χ0n) is 15.8. The van der Waals surface area contributed by atoms with E-state index in [0.717, 1.165) is 12.8 Å². The van der Waals surface area contributed by atoms with E-state index in [1.165, 1.54) is 6.20 Å². The van der Waals surface area contributed by atoms with E-state index in [0.29, 0.717) is 19.0 Å². The first-order valence-electron chi connectivity index (χ1n) is 8.85. The molecule has 0 aromatic carbocycles. The zero-order chi connectivity index (χ0) is 18.6. The molecule has 7 nitrogen and oxygen atoms in total. The average molecular weight is 351 g/mol. The Kier molecular flexibility index (Phi) is 6.21. The van der Waals surface area contributed by atoms with Crippen LogP contribution in [0.4, 0.5) is 5.88 Å². The number of aromatic nitrogens is 1. The van der Waals surface area contributed by atoms with E-state index in [-0.39, 0.29) is 30.4 Å². The molecular weight excluding hydrogens is 322 g/mol. The van der Waals surface area contributed by atoms with E-state index in [1.807, 2.05) is 39.5 Å². The Morgan fingerprint density at radius 1 is 1.44 bits per heavy atom. The Bertz CT molecular complexity index is 578. The van der Waals surface area contributed by atoms with Crippen molar-refractivity contribution in [3.8, 4) is 0 Å². The molecule has 0 bridgehead atoms. The second-order valence-corrected chi connectivity index (χ2v) is 7.91. The van der Waals surface area contributed by atoms with Crippen molar-refractivity contribution < 1.29 is 18.8 Å². The molecule has 1 aromatic rings. The van der Waals surface area contributed by atoms with E-state index in [4.69, 9.17) is 9.26 Å². The number of carbonyl (C=O) groups excluding carboxylic acids is 2. The number of hydrogen-bond donors (Lipinski definition) is 0. The zero-order valence-corrected chi connectivity index (χ0v) is 15.8. The quantitative estimate of drug-likeness (QED) is 0.733. The molecule has 1 atom stereocenters. The Balaban J connectivity index is 2.08. The molecule has 0 saturated carbocycles. The summed E-state index contributed by atoms with van der Waals surface area (Å²) in [6.45, 7) is 11.0. The molecule has 0 N–H and O–H groups in total. The molecule has 2 heterocycles. The van der Waals surface area contributed by atoms with Gasteiger partial charge in [0.1, 0.15) is 5.60 Å². The first-order valence-corrected chi connectivity index (χ1v) is 8.85. The largest absolute Gasteiger partial charge is 0.459 e. The van der Waals surface area contributed by atoms with Crippen LogP contribution in [0.2, 0.25) is 0 Å². The number of rotatable bonds is 6. The smallest absolute Gasteiger partial charge is 0.320 e. The molecule has 1 saturated heterocycles. The molecule has 1 unspecified atom stereocenters. The van der Waals surface area contributed by atoms with Gasteiger partial charge in [-0.3, -0.25) is 19.4 Å². The summed E-state index contributed by atoms with van der Waals surface area (Å²) in [4.78, 5) is 28.8. The van der Waals surface area contributed by atoms with Crippen LogP contribution in [-0.2, 0) is 14.3 Å². The van der Waals surface area contributed by atoms with Gasteiger partial charge in [0.15, 0.2) is 0 Å². The summed E-state index contributed by atoms with van der Waals surface area (Å²) in [5, 5.41) is 3.71. The van der Waals surface area contributed by atoms with Crippen LogP contribution >= 0.6 is 0 Å². The number of amides is 1. The third-order valence-electron chi connectivity index (χ3n) is 3.90. The predicted molar refractivity (Wildman–Crippen MR) is 94.1 cm³/mol. The van der Waals surface area contributed by atoms with Gasteiger partial charge in [0.05, 0.1) is 18.8 Å². The second-order valence-electron chi connectivity index (χ2n) is 7.91. The first kappa shape index (κ1) is 19.4. The minimum Gasteiger partial charge on any atom is -0.459 e. The molecule has 0 aliphatic carbocycles. The van der Waals surface area contributed by atoms with Gasteiger partial charge < -0.3 is 9.26 Å². The number of esters is 1. The van der Waals surface area contributed by atoms with Crippen LogP contribution in [-0.4, -0.2) is 53.2 Å². The van der Waals surface area contributed by atoms with E-state index >= 15 is 0 Å². The first-order chi connectivity index (χ1) is 11.7. The molecule has 2 rings (SSSR count). The van der Waals surface area contributed by atoms with Crippen LogP contribution in [0.15, 0.2) is 16.8 Å². The third-order valence-corrected chi connectivity index (χ3v) is 3.90. The van der Waals surface area contributed by atoms with Crippen LogP contribution < -0.4 is 4.90 Å². The summed E-state index contributed by atoms with van der Waals surface area (Å²) < 4.78 is 10.6. The van der Waals surface area contributed by atoms with E-state index in [9.17, 15) is 9.59 Å². The van der Waals surface area contributed by atoms with Gasteiger partial charge >= 0.3 is 5.97 Å². The van der Waals surface area contributed by atoms with Crippen LogP contribution in [0, 0.1) is 5.92 Å². The number of carbonyl (C=O) groups is 2. The number of likely N-dealkylation sites (tertiary alicyclic amines) is 1. The van der Waals surface area contributed by atoms with Crippen LogP contribution in [0.1, 0.15) is 47.5 Å². The van der Waals surface area contributed by atoms with Crippen LogP contribution in [0.25, 0.3) is 0 Å². The Morgan fingerprint density at radius 3 is 2.72 bits per heavy atom. The molecule has 1 aliphatic rings. The maximum absolute atomic E-state index is 13.1. The lowest BCUT2D eigenvalue weighted by molar-refractivity contribution is -0.156. The average Bonchev–Trinajstić information content (AvgIpc) is 3.12. The lowest BCUT2D eigenvalue weighted by Crippen LogP contribution is -2.48. The molecule has 1 amide bonds. The van der Waals surface area contributed by atoms with Gasteiger partial charge in [-0.25, -0.2) is 0 Å². The van der Waals surface area contributed by atoms with Gasteiger partial charge in [-0.05, 0) is 46.1 Å². The fourth-order valence-corrected chi connectivity index (χ4v) is 3.02. The van der Waals surface area contributed by atoms with Crippen molar-refractivity contribution in [2.75, 3.05) is 24.5 Å². The normalized spacial score (nSPS) is 18.6. The van der Waals surface area contributed by atoms with Gasteiger partial charge in [-0.2, -0.15) is 0 Å².